The SMILES string of the molecule is Cc1ccc(/C(C=N)=N/C(=N)N2CCN(CC(=O)N[C@H]3CC[C@H](N)CC3)CC2)cc1. The maximum atomic E-state index is 12.4. The highest BCUT2D eigenvalue weighted by Crippen LogP contribution is 2.17. The van der Waals surface area contributed by atoms with Crippen molar-refractivity contribution >= 4 is 23.8 Å². The van der Waals surface area contributed by atoms with E-state index in [1.165, 1.54) is 6.21 Å². The van der Waals surface area contributed by atoms with Crippen LogP contribution in [0.3, 0.4) is 0 Å². The number of rotatable bonds is 5. The summed E-state index contributed by atoms with van der Waals surface area (Å²) >= 11 is 0. The van der Waals surface area contributed by atoms with Crippen LogP contribution >= 0.6 is 0 Å². The summed E-state index contributed by atoms with van der Waals surface area (Å²) in [4.78, 5) is 20.7. The summed E-state index contributed by atoms with van der Waals surface area (Å²) in [5, 5.41) is 19.1. The third-order valence-corrected chi connectivity index (χ3v) is 5.89. The molecule has 1 aliphatic heterocycles. The van der Waals surface area contributed by atoms with Crippen LogP contribution in [0.25, 0.3) is 0 Å². The first-order valence-electron chi connectivity index (χ1n) is 10.7. The number of nitrogens with two attached hydrogens (primary N) is 1. The van der Waals surface area contributed by atoms with Crippen molar-refractivity contribution in [1.82, 2.24) is 15.1 Å². The zero-order valence-corrected chi connectivity index (χ0v) is 17.7. The Morgan fingerprint density at radius 3 is 2.40 bits per heavy atom. The summed E-state index contributed by atoms with van der Waals surface area (Å²) in [5.41, 5.74) is 8.39. The number of piperazine rings is 1. The predicted molar refractivity (Wildman–Crippen MR) is 121 cm³/mol. The fourth-order valence-corrected chi connectivity index (χ4v) is 3.95. The summed E-state index contributed by atoms with van der Waals surface area (Å²) in [5.74, 6) is 0.235. The summed E-state index contributed by atoms with van der Waals surface area (Å²) in [6.45, 7) is 5.12. The van der Waals surface area contributed by atoms with Gasteiger partial charge in [0.15, 0.2) is 0 Å². The summed E-state index contributed by atoms with van der Waals surface area (Å²) < 4.78 is 0. The second-order valence-corrected chi connectivity index (χ2v) is 8.27. The average Bonchev–Trinajstić information content (AvgIpc) is 2.74. The van der Waals surface area contributed by atoms with Crippen LogP contribution in [0.2, 0.25) is 0 Å². The van der Waals surface area contributed by atoms with Crippen molar-refractivity contribution in [1.29, 1.82) is 10.8 Å². The molecule has 0 spiro atoms. The smallest absolute Gasteiger partial charge is 0.234 e. The number of carbonyl (C=O) groups is 1. The van der Waals surface area contributed by atoms with Crippen LogP contribution in [0.15, 0.2) is 29.3 Å². The summed E-state index contributed by atoms with van der Waals surface area (Å²) in [6.07, 6.45) is 5.08. The van der Waals surface area contributed by atoms with Gasteiger partial charge in [-0.15, -0.1) is 0 Å². The molecule has 0 atom stereocenters. The van der Waals surface area contributed by atoms with Crippen molar-refractivity contribution in [3.05, 3.63) is 35.4 Å². The number of guanidine groups is 1. The maximum absolute atomic E-state index is 12.4. The van der Waals surface area contributed by atoms with Crippen LogP contribution in [0, 0.1) is 17.7 Å². The molecule has 1 amide bonds. The van der Waals surface area contributed by atoms with Gasteiger partial charge in [0.05, 0.1) is 12.3 Å². The number of carbonyl (C=O) groups excluding carboxylic acids is 1. The molecule has 162 valence electrons. The average molecular weight is 412 g/mol. The van der Waals surface area contributed by atoms with Crippen molar-refractivity contribution in [3.63, 3.8) is 0 Å². The zero-order chi connectivity index (χ0) is 21.5. The molecule has 1 heterocycles. The van der Waals surface area contributed by atoms with Gasteiger partial charge in [-0.1, -0.05) is 29.8 Å². The van der Waals surface area contributed by atoms with E-state index in [9.17, 15) is 4.79 Å². The Balaban J connectivity index is 1.46. The largest absolute Gasteiger partial charge is 0.352 e. The quantitative estimate of drug-likeness (QED) is 0.432. The van der Waals surface area contributed by atoms with E-state index >= 15 is 0 Å². The fraction of sp³-hybridized carbons (Fsp3) is 0.545. The van der Waals surface area contributed by atoms with E-state index in [1.54, 1.807) is 0 Å². The van der Waals surface area contributed by atoms with Gasteiger partial charge in [-0.25, -0.2) is 4.99 Å². The van der Waals surface area contributed by atoms with Crippen molar-refractivity contribution in [2.24, 2.45) is 10.7 Å². The molecule has 0 bridgehead atoms. The van der Waals surface area contributed by atoms with E-state index in [2.05, 4.69) is 15.2 Å². The number of amides is 1. The Morgan fingerprint density at radius 1 is 1.17 bits per heavy atom. The van der Waals surface area contributed by atoms with Gasteiger partial charge in [0.2, 0.25) is 11.9 Å². The van der Waals surface area contributed by atoms with Crippen LogP contribution in [0.5, 0.6) is 0 Å². The second kappa shape index (κ2) is 10.4. The number of aryl methyl sites for hydroxylation is 1. The van der Waals surface area contributed by atoms with E-state index in [-0.39, 0.29) is 24.0 Å². The number of benzene rings is 1. The number of nitrogens with zero attached hydrogens (tertiary/aromatic N) is 3. The Bertz CT molecular complexity index is 773. The molecule has 0 aromatic heterocycles. The maximum Gasteiger partial charge on any atom is 0.234 e. The van der Waals surface area contributed by atoms with Gasteiger partial charge >= 0.3 is 0 Å². The molecule has 2 fully saturated rings. The summed E-state index contributed by atoms with van der Waals surface area (Å²) in [6, 6.07) is 8.32. The number of aliphatic imine (C=N–C) groups is 1. The van der Waals surface area contributed by atoms with E-state index in [0.717, 1.165) is 36.8 Å². The Morgan fingerprint density at radius 2 is 1.80 bits per heavy atom. The molecule has 8 nitrogen and oxygen atoms in total. The minimum absolute atomic E-state index is 0.0717. The lowest BCUT2D eigenvalue weighted by atomic mass is 9.92. The first-order chi connectivity index (χ1) is 14.4. The molecule has 3 rings (SSSR count). The standard InChI is InChI=1S/C22H33N7O/c1-16-2-4-17(5-3-16)20(14-23)27-22(25)29-12-10-28(11-13-29)15-21(30)26-19-8-6-18(24)7-9-19/h2-5,14,18-19,23,25H,6-13,15,24H2,1H3,(H,26,30)/b23-14?,25-22?,27-20+/t18-,19-. The van der Waals surface area contributed by atoms with Gasteiger partial charge in [-0.05, 0) is 32.6 Å². The minimum Gasteiger partial charge on any atom is -0.352 e. The molecule has 2 aliphatic rings. The van der Waals surface area contributed by atoms with Crippen LogP contribution in [0.1, 0.15) is 36.8 Å². The highest BCUT2D eigenvalue weighted by atomic mass is 16.2. The molecule has 1 saturated heterocycles. The number of hydrogen-bond donors (Lipinski definition) is 4. The third kappa shape index (κ3) is 6.21. The van der Waals surface area contributed by atoms with E-state index < -0.39 is 0 Å². The first kappa shape index (κ1) is 22.1. The van der Waals surface area contributed by atoms with Crippen molar-refractivity contribution in [3.8, 4) is 0 Å². The van der Waals surface area contributed by atoms with Crippen LogP contribution in [0.4, 0.5) is 0 Å². The van der Waals surface area contributed by atoms with Gasteiger partial charge in [0, 0.05) is 50.0 Å². The van der Waals surface area contributed by atoms with Gasteiger partial charge in [-0.3, -0.25) is 15.1 Å². The third-order valence-electron chi connectivity index (χ3n) is 5.89. The van der Waals surface area contributed by atoms with Crippen molar-refractivity contribution in [2.45, 2.75) is 44.7 Å². The molecule has 1 aliphatic carbocycles. The van der Waals surface area contributed by atoms with Crippen molar-refractivity contribution < 1.29 is 4.79 Å². The van der Waals surface area contributed by atoms with Gasteiger partial charge < -0.3 is 21.4 Å². The molecular weight excluding hydrogens is 378 g/mol. The molecular formula is C22H33N7O. The number of hydrogen-bond acceptors (Lipinski definition) is 5. The topological polar surface area (TPSA) is 122 Å². The first-order valence-corrected chi connectivity index (χ1v) is 10.7. The molecule has 1 aromatic carbocycles. The lowest BCUT2D eigenvalue weighted by molar-refractivity contribution is -0.123. The highest BCUT2D eigenvalue weighted by molar-refractivity contribution is 6.39. The molecule has 5 N–H and O–H groups in total. The Labute approximate surface area is 178 Å². The lowest BCUT2D eigenvalue weighted by Crippen LogP contribution is -2.52. The highest BCUT2D eigenvalue weighted by Gasteiger charge is 2.23. The summed E-state index contributed by atoms with van der Waals surface area (Å²) in [7, 11) is 0. The van der Waals surface area contributed by atoms with Gasteiger partial charge in [0.1, 0.15) is 0 Å². The van der Waals surface area contributed by atoms with Crippen LogP contribution in [-0.2, 0) is 4.79 Å². The molecule has 0 unspecified atom stereocenters. The van der Waals surface area contributed by atoms with E-state index in [0.29, 0.717) is 38.4 Å². The molecule has 0 radical (unpaired) electrons. The normalized spacial score (nSPS) is 23.1. The fourth-order valence-electron chi connectivity index (χ4n) is 3.95. The Kier molecular flexibility index (Phi) is 7.70. The predicted octanol–water partition coefficient (Wildman–Crippen LogP) is 1.37. The minimum atomic E-state index is 0.0717. The van der Waals surface area contributed by atoms with Gasteiger partial charge in [-0.2, -0.15) is 0 Å². The van der Waals surface area contributed by atoms with Crippen LogP contribution < -0.4 is 11.1 Å². The van der Waals surface area contributed by atoms with Gasteiger partial charge in [0.25, 0.3) is 0 Å². The monoisotopic (exact) mass is 411 g/mol. The van der Waals surface area contributed by atoms with Crippen LogP contribution in [-0.4, -0.2) is 78.4 Å². The molecule has 30 heavy (non-hydrogen) atoms. The molecule has 8 heteroatoms. The molecule has 1 aromatic rings. The second-order valence-electron chi connectivity index (χ2n) is 8.27. The molecule has 1 saturated carbocycles. The lowest BCUT2D eigenvalue weighted by Gasteiger charge is -2.35. The van der Waals surface area contributed by atoms with E-state index in [1.807, 2.05) is 36.1 Å². The van der Waals surface area contributed by atoms with Crippen molar-refractivity contribution in [2.75, 3.05) is 32.7 Å². The Hall–Kier alpha value is -2.58. The number of nitrogens with one attached hydrogen (secondary N) is 3. The zero-order valence-electron chi connectivity index (χ0n) is 17.7. The van der Waals surface area contributed by atoms with E-state index in [4.69, 9.17) is 16.6 Å².